The molecule has 0 spiro atoms. The largest absolute Gasteiger partial charge is 0.506 e. The van der Waals surface area contributed by atoms with Crippen molar-refractivity contribution in [3.63, 3.8) is 0 Å². The Bertz CT molecular complexity index is 1010. The van der Waals surface area contributed by atoms with Crippen LogP contribution in [0.15, 0.2) is 65.2 Å². The first-order valence-corrected chi connectivity index (χ1v) is 6.73. The van der Waals surface area contributed by atoms with Gasteiger partial charge in [-0.3, -0.25) is 4.98 Å². The number of nitrogens with zero attached hydrogens (tertiary/aromatic N) is 4. The summed E-state index contributed by atoms with van der Waals surface area (Å²) in [6.07, 6.45) is 3.26. The summed E-state index contributed by atoms with van der Waals surface area (Å²) >= 11 is 0. The van der Waals surface area contributed by atoms with Crippen LogP contribution in [0, 0.1) is 0 Å². The summed E-state index contributed by atoms with van der Waals surface area (Å²) in [5, 5.41) is 19.2. The molecule has 6 nitrogen and oxygen atoms in total. The number of aromatic nitrogens is 3. The molecule has 0 aliphatic carbocycles. The number of benzene rings is 2. The SMILES string of the molecule is Oc1ccc(N=Nc2cccc3[nH]cnc23)c2cccnc12. The van der Waals surface area contributed by atoms with Crippen LogP contribution in [0.4, 0.5) is 11.4 Å². The quantitative estimate of drug-likeness (QED) is 0.541. The molecule has 0 unspecified atom stereocenters. The Morgan fingerprint density at radius 2 is 1.77 bits per heavy atom. The summed E-state index contributed by atoms with van der Waals surface area (Å²) in [5.41, 5.74) is 3.52. The molecular weight excluding hydrogens is 278 g/mol. The van der Waals surface area contributed by atoms with Crippen molar-refractivity contribution in [3.05, 3.63) is 55.0 Å². The number of para-hydroxylation sites is 1. The van der Waals surface area contributed by atoms with Gasteiger partial charge in [-0.25, -0.2) is 4.98 Å². The Morgan fingerprint density at radius 3 is 2.73 bits per heavy atom. The van der Waals surface area contributed by atoms with Crippen molar-refractivity contribution in [2.45, 2.75) is 0 Å². The molecule has 0 saturated carbocycles. The van der Waals surface area contributed by atoms with Gasteiger partial charge in [0.1, 0.15) is 22.5 Å². The summed E-state index contributed by atoms with van der Waals surface area (Å²) in [6, 6.07) is 12.6. The van der Waals surface area contributed by atoms with E-state index in [0.717, 1.165) is 16.4 Å². The maximum atomic E-state index is 9.85. The third kappa shape index (κ3) is 1.98. The molecule has 4 aromatic rings. The van der Waals surface area contributed by atoms with Gasteiger partial charge in [0.15, 0.2) is 0 Å². The second-order valence-electron chi connectivity index (χ2n) is 4.78. The van der Waals surface area contributed by atoms with E-state index in [4.69, 9.17) is 0 Å². The first-order chi connectivity index (χ1) is 10.8. The maximum Gasteiger partial charge on any atom is 0.141 e. The van der Waals surface area contributed by atoms with Crippen molar-refractivity contribution in [1.29, 1.82) is 0 Å². The van der Waals surface area contributed by atoms with E-state index in [9.17, 15) is 5.11 Å². The standard InChI is InChI=1S/C16H11N5O/c22-14-7-6-11(10-3-2-8-17-15(10)14)20-21-13-5-1-4-12-16(13)19-9-18-12/h1-9,22H,(H,18,19). The average Bonchev–Trinajstić information content (AvgIpc) is 3.04. The van der Waals surface area contributed by atoms with Gasteiger partial charge in [0, 0.05) is 11.6 Å². The highest BCUT2D eigenvalue weighted by Gasteiger charge is 2.06. The Morgan fingerprint density at radius 1 is 0.864 bits per heavy atom. The zero-order valence-electron chi connectivity index (χ0n) is 11.4. The van der Waals surface area contributed by atoms with Gasteiger partial charge in [-0.1, -0.05) is 6.07 Å². The number of nitrogens with one attached hydrogen (secondary N) is 1. The van der Waals surface area contributed by atoms with E-state index in [1.54, 1.807) is 30.7 Å². The number of phenols is 1. The third-order valence-corrected chi connectivity index (χ3v) is 3.42. The lowest BCUT2D eigenvalue weighted by atomic mass is 10.2. The summed E-state index contributed by atoms with van der Waals surface area (Å²) in [4.78, 5) is 11.5. The maximum absolute atomic E-state index is 9.85. The molecule has 2 N–H and O–H groups in total. The van der Waals surface area contributed by atoms with Crippen molar-refractivity contribution in [3.8, 4) is 5.75 Å². The molecule has 2 aromatic carbocycles. The van der Waals surface area contributed by atoms with Crippen LogP contribution < -0.4 is 0 Å². The van der Waals surface area contributed by atoms with Crippen LogP contribution in [0.3, 0.4) is 0 Å². The number of azo groups is 1. The lowest BCUT2D eigenvalue weighted by Gasteiger charge is -2.02. The van der Waals surface area contributed by atoms with Crippen LogP contribution in [0.2, 0.25) is 0 Å². The van der Waals surface area contributed by atoms with Gasteiger partial charge in [-0.2, -0.15) is 0 Å². The van der Waals surface area contributed by atoms with Gasteiger partial charge in [-0.15, -0.1) is 10.2 Å². The van der Waals surface area contributed by atoms with E-state index in [1.807, 2.05) is 24.3 Å². The smallest absolute Gasteiger partial charge is 0.141 e. The zero-order chi connectivity index (χ0) is 14.9. The molecule has 106 valence electrons. The molecule has 0 saturated heterocycles. The molecule has 0 aliphatic heterocycles. The van der Waals surface area contributed by atoms with E-state index in [-0.39, 0.29) is 5.75 Å². The van der Waals surface area contributed by atoms with Gasteiger partial charge in [-0.05, 0) is 36.4 Å². The molecule has 0 amide bonds. The molecule has 0 bridgehead atoms. The highest BCUT2D eigenvalue weighted by Crippen LogP contribution is 2.32. The van der Waals surface area contributed by atoms with E-state index in [1.165, 1.54) is 0 Å². The van der Waals surface area contributed by atoms with Crippen LogP contribution in [0.1, 0.15) is 0 Å². The minimum Gasteiger partial charge on any atom is -0.506 e. The lowest BCUT2D eigenvalue weighted by Crippen LogP contribution is -1.79. The van der Waals surface area contributed by atoms with Crippen molar-refractivity contribution in [2.75, 3.05) is 0 Å². The van der Waals surface area contributed by atoms with Crippen LogP contribution in [-0.4, -0.2) is 20.1 Å². The molecule has 0 fully saturated rings. The Hall–Kier alpha value is -3.28. The molecule has 6 heteroatoms. The van der Waals surface area contributed by atoms with E-state index in [2.05, 4.69) is 25.2 Å². The summed E-state index contributed by atoms with van der Waals surface area (Å²) < 4.78 is 0. The molecule has 0 aliphatic rings. The number of phenolic OH excluding ortho intramolecular Hbond substituents is 1. The van der Waals surface area contributed by atoms with E-state index >= 15 is 0 Å². The molecule has 2 aromatic heterocycles. The Labute approximate surface area is 125 Å². The molecule has 0 atom stereocenters. The third-order valence-electron chi connectivity index (χ3n) is 3.42. The van der Waals surface area contributed by atoms with Crippen LogP contribution in [0.25, 0.3) is 21.9 Å². The molecule has 2 heterocycles. The van der Waals surface area contributed by atoms with Gasteiger partial charge in [0.25, 0.3) is 0 Å². The molecular formula is C16H11N5O. The summed E-state index contributed by atoms with van der Waals surface area (Å²) in [5.74, 6) is 0.129. The number of hydrogen-bond donors (Lipinski definition) is 2. The second-order valence-corrected chi connectivity index (χ2v) is 4.78. The van der Waals surface area contributed by atoms with Crippen LogP contribution in [0.5, 0.6) is 5.75 Å². The average molecular weight is 289 g/mol. The predicted octanol–water partition coefficient (Wildman–Crippen LogP) is 4.23. The molecule has 4 rings (SSSR count). The predicted molar refractivity (Wildman–Crippen MR) is 83.7 cm³/mol. The minimum atomic E-state index is 0.129. The van der Waals surface area contributed by atoms with Crippen molar-refractivity contribution >= 4 is 33.3 Å². The lowest BCUT2D eigenvalue weighted by molar-refractivity contribution is 0.480. The number of hydrogen-bond acceptors (Lipinski definition) is 5. The van der Waals surface area contributed by atoms with Gasteiger partial charge < -0.3 is 10.1 Å². The van der Waals surface area contributed by atoms with Gasteiger partial charge >= 0.3 is 0 Å². The first kappa shape index (κ1) is 12.5. The number of H-pyrrole nitrogens is 1. The monoisotopic (exact) mass is 289 g/mol. The fourth-order valence-electron chi connectivity index (χ4n) is 2.37. The van der Waals surface area contributed by atoms with Gasteiger partial charge in [0.2, 0.25) is 0 Å². The number of rotatable bonds is 2. The van der Waals surface area contributed by atoms with Gasteiger partial charge in [0.05, 0.1) is 17.5 Å². The zero-order valence-corrected chi connectivity index (χ0v) is 11.4. The number of aromatic amines is 1. The van der Waals surface area contributed by atoms with Crippen LogP contribution in [-0.2, 0) is 0 Å². The molecule has 22 heavy (non-hydrogen) atoms. The summed E-state index contributed by atoms with van der Waals surface area (Å²) in [6.45, 7) is 0. The highest BCUT2D eigenvalue weighted by molar-refractivity contribution is 5.93. The van der Waals surface area contributed by atoms with E-state index in [0.29, 0.717) is 16.9 Å². The fourth-order valence-corrected chi connectivity index (χ4v) is 2.37. The van der Waals surface area contributed by atoms with Crippen LogP contribution >= 0.6 is 0 Å². The second kappa shape index (κ2) is 4.92. The molecule has 0 radical (unpaired) electrons. The highest BCUT2D eigenvalue weighted by atomic mass is 16.3. The van der Waals surface area contributed by atoms with Crippen molar-refractivity contribution in [2.24, 2.45) is 10.2 Å². The van der Waals surface area contributed by atoms with E-state index < -0.39 is 0 Å². The topological polar surface area (TPSA) is 86.5 Å². The number of imidazole rings is 1. The fraction of sp³-hybridized carbons (Fsp3) is 0. The Kier molecular flexibility index (Phi) is 2.79. The van der Waals surface area contributed by atoms with Crippen molar-refractivity contribution < 1.29 is 5.11 Å². The number of pyridine rings is 1. The normalized spacial score (nSPS) is 11.6. The summed E-state index contributed by atoms with van der Waals surface area (Å²) in [7, 11) is 0. The van der Waals surface area contributed by atoms with Crippen molar-refractivity contribution in [1.82, 2.24) is 15.0 Å². The minimum absolute atomic E-state index is 0.129. The number of fused-ring (bicyclic) bond motifs is 2. The number of aromatic hydroxyl groups is 1. The first-order valence-electron chi connectivity index (χ1n) is 6.73. The Balaban J connectivity index is 1.84.